The van der Waals surface area contributed by atoms with Gasteiger partial charge in [-0.25, -0.2) is 23.4 Å². The minimum absolute atomic E-state index is 0.157. The molecule has 1 aromatic heterocycles. The number of aromatic nitrogens is 2. The molecule has 1 aliphatic rings. The first-order chi connectivity index (χ1) is 19.2. The van der Waals surface area contributed by atoms with Gasteiger partial charge in [0.15, 0.2) is 0 Å². The monoisotopic (exact) mass is 567 g/mol. The number of nitrogens with one attached hydrogen (secondary N) is 1. The maximum absolute atomic E-state index is 11.8. The molecule has 0 radical (unpaired) electrons. The van der Waals surface area contributed by atoms with Gasteiger partial charge in [-0.2, -0.15) is 5.10 Å². The Morgan fingerprint density at radius 1 is 0.875 bits per heavy atom. The minimum atomic E-state index is -3.41. The van der Waals surface area contributed by atoms with Gasteiger partial charge in [0.2, 0.25) is 16.0 Å². The summed E-state index contributed by atoms with van der Waals surface area (Å²) in [5.41, 5.74) is 6.85. The second-order valence-electron chi connectivity index (χ2n) is 9.88. The lowest BCUT2D eigenvalue weighted by molar-refractivity contribution is 0.607. The van der Waals surface area contributed by atoms with Crippen LogP contribution < -0.4 is 9.73 Å². The highest BCUT2D eigenvalue weighted by Crippen LogP contribution is 2.38. The van der Waals surface area contributed by atoms with Crippen LogP contribution in [0.1, 0.15) is 29.2 Å². The lowest BCUT2D eigenvalue weighted by Crippen LogP contribution is -2.21. The van der Waals surface area contributed by atoms with Crippen molar-refractivity contribution in [1.29, 1.82) is 0 Å². The van der Waals surface area contributed by atoms with E-state index in [-0.39, 0.29) is 6.04 Å². The number of rotatable bonds is 6. The molecule has 0 spiro atoms. The fourth-order valence-electron chi connectivity index (χ4n) is 4.90. The van der Waals surface area contributed by atoms with E-state index in [1.165, 1.54) is 5.56 Å². The molecule has 0 saturated heterocycles. The molecule has 6 rings (SSSR count). The molecule has 1 atom stereocenters. The van der Waals surface area contributed by atoms with Crippen LogP contribution in [0.15, 0.2) is 102 Å². The van der Waals surface area contributed by atoms with E-state index >= 15 is 0 Å². The Balaban J connectivity index is 1.50. The Morgan fingerprint density at radius 2 is 1.62 bits per heavy atom. The van der Waals surface area contributed by atoms with E-state index in [1.807, 2.05) is 65.7 Å². The number of nitrogens with zero attached hydrogens (tertiary/aromatic N) is 4. The molecule has 0 fully saturated rings. The van der Waals surface area contributed by atoms with Gasteiger partial charge < -0.3 is 0 Å². The molecule has 0 saturated carbocycles. The highest BCUT2D eigenvalue weighted by molar-refractivity contribution is 7.92. The molecule has 1 N–H and O–H groups in total. The van der Waals surface area contributed by atoms with Crippen LogP contribution >= 0.6 is 11.6 Å². The summed E-state index contributed by atoms with van der Waals surface area (Å²) in [6.07, 6.45) is 1.73. The van der Waals surface area contributed by atoms with Crippen molar-refractivity contribution < 1.29 is 8.42 Å². The quantitative estimate of drug-likeness (QED) is 0.239. The number of hydrogen-bond acceptors (Lipinski definition) is 6. The number of aryl methyl sites for hydroxylation is 1. The van der Waals surface area contributed by atoms with Gasteiger partial charge in [0.1, 0.15) is 0 Å². The van der Waals surface area contributed by atoms with E-state index in [2.05, 4.69) is 35.9 Å². The highest BCUT2D eigenvalue weighted by Gasteiger charge is 2.32. The fourth-order valence-corrected chi connectivity index (χ4v) is 5.63. The standard InChI is InChI=1S/C31H26ClN5O2S/c1-20-11-13-21(14-12-20)29-19-28(23-9-6-10-25(17-23)36-40(2,38)39)35-37(29)31-33-27-16-15-24(32)18-26(27)30(34-31)22-7-4-3-5-8-22/h3-18,29,36H,19H2,1-2H3/t29-/m0/s1. The molecule has 4 aromatic carbocycles. The van der Waals surface area contributed by atoms with Crippen molar-refractivity contribution in [3.8, 4) is 11.3 Å². The van der Waals surface area contributed by atoms with E-state index in [4.69, 9.17) is 26.7 Å². The van der Waals surface area contributed by atoms with Crippen LogP contribution in [0.2, 0.25) is 5.02 Å². The average molecular weight is 568 g/mol. The zero-order valence-corrected chi connectivity index (χ0v) is 23.5. The first-order valence-corrected chi connectivity index (χ1v) is 15.0. The van der Waals surface area contributed by atoms with E-state index in [9.17, 15) is 8.42 Å². The average Bonchev–Trinajstić information content (AvgIpc) is 3.38. The number of halogens is 1. The SMILES string of the molecule is Cc1ccc([C@@H]2CC(c3cccc(NS(C)(=O)=O)c3)=NN2c2nc(-c3ccccc3)c3cc(Cl)ccc3n2)cc1. The number of hydrogen-bond donors (Lipinski definition) is 1. The van der Waals surface area contributed by atoms with E-state index in [0.717, 1.165) is 45.3 Å². The fraction of sp³-hybridized carbons (Fsp3) is 0.129. The maximum Gasteiger partial charge on any atom is 0.247 e. The lowest BCUT2D eigenvalue weighted by Gasteiger charge is -2.23. The molecule has 0 unspecified atom stereocenters. The van der Waals surface area contributed by atoms with Crippen LogP contribution in [0.3, 0.4) is 0 Å². The number of fused-ring (bicyclic) bond motifs is 1. The first kappa shape index (κ1) is 26.0. The summed E-state index contributed by atoms with van der Waals surface area (Å²) in [6.45, 7) is 2.06. The molecule has 0 amide bonds. The molecular weight excluding hydrogens is 542 g/mol. The van der Waals surface area contributed by atoms with Crippen molar-refractivity contribution in [2.75, 3.05) is 16.0 Å². The predicted octanol–water partition coefficient (Wildman–Crippen LogP) is 6.99. The molecule has 9 heteroatoms. The molecular formula is C31H26ClN5O2S. The van der Waals surface area contributed by atoms with Gasteiger partial charge in [-0.15, -0.1) is 0 Å². The third-order valence-corrected chi connectivity index (χ3v) is 7.61. The van der Waals surface area contributed by atoms with Gasteiger partial charge in [0.05, 0.1) is 29.2 Å². The summed E-state index contributed by atoms with van der Waals surface area (Å²) in [7, 11) is -3.41. The molecule has 2 heterocycles. The van der Waals surface area contributed by atoms with Crippen LogP contribution in [-0.2, 0) is 10.0 Å². The molecule has 1 aliphatic heterocycles. The Labute approximate surface area is 238 Å². The summed E-state index contributed by atoms with van der Waals surface area (Å²) in [5, 5.41) is 8.37. The second kappa shape index (κ2) is 10.4. The summed E-state index contributed by atoms with van der Waals surface area (Å²) >= 11 is 6.37. The number of benzene rings is 4. The summed E-state index contributed by atoms with van der Waals surface area (Å²) in [6, 6.07) is 31.1. The normalized spacial score (nSPS) is 15.3. The highest BCUT2D eigenvalue weighted by atomic mass is 35.5. The Bertz CT molecular complexity index is 1860. The van der Waals surface area contributed by atoms with E-state index < -0.39 is 10.0 Å². The smallest absolute Gasteiger partial charge is 0.247 e. The third-order valence-electron chi connectivity index (χ3n) is 6.77. The number of hydrazone groups is 1. The summed E-state index contributed by atoms with van der Waals surface area (Å²) in [4.78, 5) is 9.97. The molecule has 0 bridgehead atoms. The van der Waals surface area contributed by atoms with Crippen LogP contribution in [0, 0.1) is 6.92 Å². The topological polar surface area (TPSA) is 87.5 Å². The summed E-state index contributed by atoms with van der Waals surface area (Å²) < 4.78 is 26.2. The molecule has 200 valence electrons. The van der Waals surface area contributed by atoms with Gasteiger partial charge in [-0.3, -0.25) is 4.72 Å². The van der Waals surface area contributed by atoms with Crippen molar-refractivity contribution in [2.24, 2.45) is 5.10 Å². The van der Waals surface area contributed by atoms with Crippen molar-refractivity contribution in [3.63, 3.8) is 0 Å². The maximum atomic E-state index is 11.8. The van der Waals surface area contributed by atoms with Crippen LogP contribution in [0.25, 0.3) is 22.2 Å². The Kier molecular flexibility index (Phi) is 6.73. The van der Waals surface area contributed by atoms with Gasteiger partial charge in [0.25, 0.3) is 0 Å². The largest absolute Gasteiger partial charge is 0.284 e. The zero-order valence-electron chi connectivity index (χ0n) is 21.9. The van der Waals surface area contributed by atoms with Gasteiger partial charge >= 0.3 is 0 Å². The first-order valence-electron chi connectivity index (χ1n) is 12.8. The van der Waals surface area contributed by atoms with Crippen LogP contribution in [0.4, 0.5) is 11.6 Å². The predicted molar refractivity (Wildman–Crippen MR) is 162 cm³/mol. The van der Waals surface area contributed by atoms with Gasteiger partial charge in [0, 0.05) is 28.1 Å². The molecule has 0 aliphatic carbocycles. The second-order valence-corrected chi connectivity index (χ2v) is 12.1. The molecule has 7 nitrogen and oxygen atoms in total. The van der Waals surface area contributed by atoms with Crippen molar-refractivity contribution >= 4 is 49.9 Å². The molecule has 40 heavy (non-hydrogen) atoms. The summed E-state index contributed by atoms with van der Waals surface area (Å²) in [5.74, 6) is 0.472. The third kappa shape index (κ3) is 5.41. The lowest BCUT2D eigenvalue weighted by atomic mass is 9.97. The van der Waals surface area contributed by atoms with Gasteiger partial charge in [-0.1, -0.05) is 83.9 Å². The number of anilines is 2. The van der Waals surface area contributed by atoms with Crippen molar-refractivity contribution in [2.45, 2.75) is 19.4 Å². The zero-order chi connectivity index (χ0) is 27.9. The van der Waals surface area contributed by atoms with Crippen molar-refractivity contribution in [1.82, 2.24) is 9.97 Å². The van der Waals surface area contributed by atoms with Gasteiger partial charge in [-0.05, 0) is 48.4 Å². The minimum Gasteiger partial charge on any atom is -0.284 e. The number of sulfonamides is 1. The van der Waals surface area contributed by atoms with Crippen LogP contribution in [0.5, 0.6) is 0 Å². The Hall–Kier alpha value is -4.27. The van der Waals surface area contributed by atoms with E-state index in [0.29, 0.717) is 23.1 Å². The van der Waals surface area contributed by atoms with Crippen LogP contribution in [-0.4, -0.2) is 30.4 Å². The molecule has 5 aromatic rings. The van der Waals surface area contributed by atoms with Crippen molar-refractivity contribution in [3.05, 3.63) is 119 Å². The Morgan fingerprint density at radius 3 is 2.38 bits per heavy atom. The van der Waals surface area contributed by atoms with E-state index in [1.54, 1.807) is 12.1 Å².